The van der Waals surface area contributed by atoms with Gasteiger partial charge in [0, 0.05) is 25.1 Å². The first-order chi connectivity index (χ1) is 10.0. The van der Waals surface area contributed by atoms with Crippen LogP contribution in [-0.2, 0) is 9.47 Å². The lowest BCUT2D eigenvalue weighted by Gasteiger charge is -2.39. The largest absolute Gasteiger partial charge is 0.360 e. The van der Waals surface area contributed by atoms with Crippen molar-refractivity contribution in [1.29, 1.82) is 0 Å². The van der Waals surface area contributed by atoms with Crippen molar-refractivity contribution in [2.45, 2.75) is 18.6 Å². The molecule has 0 radical (unpaired) electrons. The van der Waals surface area contributed by atoms with Gasteiger partial charge in [0.05, 0.1) is 29.2 Å². The van der Waals surface area contributed by atoms with Gasteiger partial charge in [-0.15, -0.1) is 0 Å². The lowest BCUT2D eigenvalue weighted by molar-refractivity contribution is -0.384. The third-order valence-electron chi connectivity index (χ3n) is 3.79. The number of halogens is 2. The van der Waals surface area contributed by atoms with E-state index in [-0.39, 0.29) is 15.8 Å². The Morgan fingerprint density at radius 3 is 2.76 bits per heavy atom. The van der Waals surface area contributed by atoms with E-state index >= 15 is 0 Å². The van der Waals surface area contributed by atoms with Gasteiger partial charge in [0.2, 0.25) is 0 Å². The third kappa shape index (κ3) is 2.75. The van der Waals surface area contributed by atoms with Gasteiger partial charge in [-0.1, -0.05) is 0 Å². The zero-order chi connectivity index (χ0) is 15.0. The summed E-state index contributed by atoms with van der Waals surface area (Å²) < 4.78 is 25.2. The van der Waals surface area contributed by atoms with Crippen LogP contribution in [-0.4, -0.2) is 37.0 Å². The summed E-state index contributed by atoms with van der Waals surface area (Å²) in [6.07, 6.45) is 1.52. The maximum Gasteiger partial charge on any atom is 0.293 e. The highest BCUT2D eigenvalue weighted by atomic mass is 79.9. The van der Waals surface area contributed by atoms with E-state index in [2.05, 4.69) is 15.9 Å². The zero-order valence-electron chi connectivity index (χ0n) is 11.2. The maximum atomic E-state index is 13.8. The molecule has 2 saturated heterocycles. The van der Waals surface area contributed by atoms with Crippen molar-refractivity contribution in [3.8, 4) is 0 Å². The average molecular weight is 361 g/mol. The second kappa shape index (κ2) is 5.51. The number of benzene rings is 1. The van der Waals surface area contributed by atoms with Gasteiger partial charge >= 0.3 is 0 Å². The predicted octanol–water partition coefficient (Wildman–Crippen LogP) is 2.84. The number of hydrogen-bond acceptors (Lipinski definition) is 5. The summed E-state index contributed by atoms with van der Waals surface area (Å²) in [5, 5.41) is 11.2. The Hall–Kier alpha value is -1.25. The molecule has 3 rings (SSSR count). The lowest BCUT2D eigenvalue weighted by Crippen LogP contribution is -2.49. The first-order valence-corrected chi connectivity index (χ1v) is 7.46. The fourth-order valence-corrected chi connectivity index (χ4v) is 3.18. The minimum Gasteiger partial charge on any atom is -0.360 e. The van der Waals surface area contributed by atoms with E-state index in [1.807, 2.05) is 0 Å². The van der Waals surface area contributed by atoms with Gasteiger partial charge in [-0.2, -0.15) is 0 Å². The number of nitro groups is 1. The number of piperidine rings is 1. The summed E-state index contributed by atoms with van der Waals surface area (Å²) >= 11 is 2.98. The Kier molecular flexibility index (Phi) is 3.85. The molecule has 8 heteroatoms. The average Bonchev–Trinajstić information content (AvgIpc) is 2.89. The van der Waals surface area contributed by atoms with Crippen molar-refractivity contribution in [1.82, 2.24) is 0 Å². The van der Waals surface area contributed by atoms with Crippen LogP contribution in [0.5, 0.6) is 0 Å². The molecule has 0 amide bonds. The highest BCUT2D eigenvalue weighted by molar-refractivity contribution is 9.10. The minimum absolute atomic E-state index is 0.0815. The summed E-state index contributed by atoms with van der Waals surface area (Å²) in [6.45, 7) is 2.01. The van der Waals surface area contributed by atoms with E-state index in [0.29, 0.717) is 26.3 Å². The van der Waals surface area contributed by atoms with Gasteiger partial charge in [-0.25, -0.2) is 4.39 Å². The second-order valence-electron chi connectivity index (χ2n) is 5.14. The zero-order valence-corrected chi connectivity index (χ0v) is 12.8. The molecular formula is C13H14BrFN2O4. The highest BCUT2D eigenvalue weighted by Gasteiger charge is 2.42. The van der Waals surface area contributed by atoms with Crippen LogP contribution in [0.4, 0.5) is 15.8 Å². The normalized spacial score (nSPS) is 21.0. The van der Waals surface area contributed by atoms with Crippen LogP contribution in [0.1, 0.15) is 12.8 Å². The number of ether oxygens (including phenoxy) is 2. The molecule has 2 aliphatic rings. The topological polar surface area (TPSA) is 64.8 Å². The molecule has 2 fully saturated rings. The summed E-state index contributed by atoms with van der Waals surface area (Å²) in [7, 11) is 0. The molecule has 21 heavy (non-hydrogen) atoms. The Labute approximate surface area is 129 Å². The Balaban J connectivity index is 1.95. The van der Waals surface area contributed by atoms with Crippen molar-refractivity contribution in [2.75, 3.05) is 31.2 Å². The molecule has 2 heterocycles. The standard InChI is InChI=1S/C13H14BrFN2O4/c14-9-6-12(17(18)19)11(7-10(9)15)16-3-1-2-13(8-16)20-4-5-21-13/h6-7H,1-5,8H2. The smallest absolute Gasteiger partial charge is 0.293 e. The van der Waals surface area contributed by atoms with E-state index in [1.54, 1.807) is 4.90 Å². The van der Waals surface area contributed by atoms with Gasteiger partial charge in [0.15, 0.2) is 5.79 Å². The van der Waals surface area contributed by atoms with E-state index in [1.165, 1.54) is 12.1 Å². The number of nitro benzene ring substituents is 1. The molecule has 6 nitrogen and oxygen atoms in total. The summed E-state index contributed by atoms with van der Waals surface area (Å²) in [5.74, 6) is -1.24. The van der Waals surface area contributed by atoms with Crippen molar-refractivity contribution in [3.63, 3.8) is 0 Å². The second-order valence-corrected chi connectivity index (χ2v) is 6.00. The molecule has 0 atom stereocenters. The Bertz CT molecular complexity index is 578. The summed E-state index contributed by atoms with van der Waals surface area (Å²) in [5.41, 5.74) is 0.136. The molecule has 0 bridgehead atoms. The molecule has 0 saturated carbocycles. The van der Waals surface area contributed by atoms with Crippen LogP contribution in [0.3, 0.4) is 0 Å². The number of rotatable bonds is 2. The molecule has 1 spiro atoms. The lowest BCUT2D eigenvalue weighted by atomic mass is 10.0. The molecular weight excluding hydrogens is 347 g/mol. The van der Waals surface area contributed by atoms with Gasteiger partial charge in [0.25, 0.3) is 5.69 Å². The van der Waals surface area contributed by atoms with E-state index in [4.69, 9.17) is 9.47 Å². The molecule has 1 aromatic carbocycles. The highest BCUT2D eigenvalue weighted by Crippen LogP contribution is 2.38. The van der Waals surface area contributed by atoms with Gasteiger partial charge in [-0.05, 0) is 22.4 Å². The molecule has 0 aliphatic carbocycles. The van der Waals surface area contributed by atoms with E-state index < -0.39 is 16.5 Å². The van der Waals surface area contributed by atoms with Gasteiger partial charge < -0.3 is 14.4 Å². The van der Waals surface area contributed by atoms with E-state index in [0.717, 1.165) is 12.8 Å². The van der Waals surface area contributed by atoms with Crippen molar-refractivity contribution in [2.24, 2.45) is 0 Å². The first kappa shape index (κ1) is 14.7. The summed E-state index contributed by atoms with van der Waals surface area (Å²) in [4.78, 5) is 12.5. The van der Waals surface area contributed by atoms with Crippen molar-refractivity contribution < 1.29 is 18.8 Å². The van der Waals surface area contributed by atoms with Gasteiger partial charge in [0.1, 0.15) is 11.5 Å². The Morgan fingerprint density at radius 1 is 1.38 bits per heavy atom. The van der Waals surface area contributed by atoms with Crippen LogP contribution >= 0.6 is 15.9 Å². The quantitative estimate of drug-likeness (QED) is 0.599. The molecule has 0 N–H and O–H groups in total. The van der Waals surface area contributed by atoms with Crippen molar-refractivity contribution >= 4 is 27.3 Å². The van der Waals surface area contributed by atoms with Crippen LogP contribution < -0.4 is 4.90 Å². The van der Waals surface area contributed by atoms with Crippen LogP contribution in [0.2, 0.25) is 0 Å². The maximum absolute atomic E-state index is 13.8. The third-order valence-corrected chi connectivity index (χ3v) is 4.39. The fraction of sp³-hybridized carbons (Fsp3) is 0.538. The summed E-state index contributed by atoms with van der Waals surface area (Å²) in [6, 6.07) is 2.39. The van der Waals surface area contributed by atoms with Crippen LogP contribution in [0, 0.1) is 15.9 Å². The fourth-order valence-electron chi connectivity index (χ4n) is 2.85. The predicted molar refractivity (Wildman–Crippen MR) is 76.8 cm³/mol. The van der Waals surface area contributed by atoms with Crippen LogP contribution in [0.15, 0.2) is 16.6 Å². The number of nitrogens with zero attached hydrogens (tertiary/aromatic N) is 2. The monoisotopic (exact) mass is 360 g/mol. The molecule has 114 valence electrons. The molecule has 0 unspecified atom stereocenters. The molecule has 2 aliphatic heterocycles. The first-order valence-electron chi connectivity index (χ1n) is 6.67. The van der Waals surface area contributed by atoms with Crippen LogP contribution in [0.25, 0.3) is 0 Å². The number of hydrogen-bond donors (Lipinski definition) is 0. The molecule has 0 aromatic heterocycles. The SMILES string of the molecule is O=[N+]([O-])c1cc(Br)c(F)cc1N1CCCC2(C1)OCCO2. The minimum atomic E-state index is -0.713. The van der Waals surface area contributed by atoms with Gasteiger partial charge in [-0.3, -0.25) is 10.1 Å². The number of anilines is 1. The van der Waals surface area contributed by atoms with E-state index in [9.17, 15) is 14.5 Å². The molecule has 1 aromatic rings. The Morgan fingerprint density at radius 2 is 2.10 bits per heavy atom. The van der Waals surface area contributed by atoms with Crippen molar-refractivity contribution in [3.05, 3.63) is 32.5 Å².